The van der Waals surface area contributed by atoms with Crippen molar-refractivity contribution in [2.24, 2.45) is 0 Å². The fourth-order valence-electron chi connectivity index (χ4n) is 0. The van der Waals surface area contributed by atoms with Crippen molar-refractivity contribution in [1.82, 2.24) is 0 Å². The summed E-state index contributed by atoms with van der Waals surface area (Å²) < 4.78 is 17.0. The molecule has 5 heteroatoms. The normalized spacial score (nSPS) is 1.60. The van der Waals surface area contributed by atoms with Gasteiger partial charge in [0.15, 0.2) is 0 Å². The molecule has 26 valence electrons. The van der Waals surface area contributed by atoms with Crippen LogP contribution in [0.1, 0.15) is 0 Å². The van der Waals surface area contributed by atoms with Gasteiger partial charge in [0.2, 0.25) is 0 Å². The first-order chi connectivity index (χ1) is 1.41. The Labute approximate surface area is 67.8 Å². The molecule has 0 N–H and O–H groups in total. The fourth-order valence-corrected chi connectivity index (χ4v) is 0. The van der Waals surface area contributed by atoms with E-state index >= 15 is 0 Å². The minimum atomic E-state index is -2.00. The molecule has 0 bridgehead atoms. The molecule has 0 unspecified atom stereocenters. The van der Waals surface area contributed by atoms with E-state index in [4.69, 9.17) is 6.65 Å². The van der Waals surface area contributed by atoms with Crippen molar-refractivity contribution in [3.63, 3.8) is 0 Å². The third kappa shape index (κ3) is 26.8. The van der Waals surface area contributed by atoms with E-state index in [1.54, 1.807) is 0 Å². The van der Waals surface area contributed by atoms with Crippen molar-refractivity contribution in [3.05, 3.63) is 0 Å². The Kier molecular flexibility index (Phi) is 54.8. The summed E-state index contributed by atoms with van der Waals surface area (Å²) in [6.45, 7) is 0. The molecule has 0 atom stereocenters. The number of rotatable bonds is 0. The maximum absolute atomic E-state index is 8.50. The van der Waals surface area contributed by atoms with E-state index in [-0.39, 0.29) is 42.8 Å². The van der Waals surface area contributed by atoms with Gasteiger partial charge in [0.05, 0.1) is 0 Å². The summed E-state index contributed by atoms with van der Waals surface area (Å²) in [5, 5.41) is 0. The first-order valence-corrected chi connectivity index (χ1v) is 1.68. The molecule has 0 aromatic rings. The van der Waals surface area contributed by atoms with Crippen LogP contribution in [0.15, 0.2) is 0 Å². The van der Waals surface area contributed by atoms with Gasteiger partial charge < -0.3 is 0 Å². The van der Waals surface area contributed by atoms with Crippen LogP contribution in [0.25, 0.3) is 0 Å². The summed E-state index contributed by atoms with van der Waals surface area (Å²) in [5.74, 6) is 0. The van der Waals surface area contributed by atoms with Gasteiger partial charge >= 0.3 is 25.7 Å². The largest absolute Gasteiger partial charge is 0 e. The van der Waals surface area contributed by atoms with Crippen LogP contribution in [0.2, 0.25) is 0 Å². The second kappa shape index (κ2) is 17.2. The molecule has 0 aliphatic carbocycles. The summed E-state index contributed by atoms with van der Waals surface area (Å²) in [6.07, 6.45) is 0. The van der Waals surface area contributed by atoms with E-state index in [1.807, 2.05) is 0 Å². The molecule has 0 saturated heterocycles. The van der Waals surface area contributed by atoms with Crippen LogP contribution >= 0.6 is 0 Å². The molecule has 0 rings (SSSR count). The van der Waals surface area contributed by atoms with E-state index in [0.29, 0.717) is 0 Å². The number of hydrogen-bond acceptors (Lipinski definition) is 2. The molecule has 0 radical (unpaired) electrons. The van der Waals surface area contributed by atoms with Gasteiger partial charge in [0.25, 0.3) is 0 Å². The van der Waals surface area contributed by atoms with E-state index in [1.165, 1.54) is 0 Å². The van der Waals surface area contributed by atoms with Crippen molar-refractivity contribution in [2.45, 2.75) is 0 Å². The molecular formula is MoO2Ti2. The van der Waals surface area contributed by atoms with Crippen LogP contribution in [0, 0.1) is 0 Å². The second-order valence-electron chi connectivity index (χ2n) is 0.0833. The zero-order valence-corrected chi connectivity index (χ0v) is 7.35. The first kappa shape index (κ1) is 15.9. The topological polar surface area (TPSA) is 34.1 Å². The molecule has 0 aliphatic rings. The standard InChI is InChI=1S/Mo.2O.2Ti. The molecule has 0 aromatic carbocycles. The van der Waals surface area contributed by atoms with Crippen molar-refractivity contribution in [3.8, 4) is 0 Å². The Morgan fingerprint density at radius 3 is 1.20 bits per heavy atom. The van der Waals surface area contributed by atoms with Gasteiger partial charge in [-0.3, -0.25) is 0 Å². The van der Waals surface area contributed by atoms with Crippen molar-refractivity contribution in [1.29, 1.82) is 0 Å². The SMILES string of the molecule is [Mo].[O]=[Ti]=[O].[Ti]. The van der Waals surface area contributed by atoms with Crippen molar-refractivity contribution in [2.75, 3.05) is 0 Å². The summed E-state index contributed by atoms with van der Waals surface area (Å²) >= 11 is -2.00. The van der Waals surface area contributed by atoms with Crippen LogP contribution in [0.3, 0.4) is 0 Å². The smallest absolute Gasteiger partial charge is 0 e. The summed E-state index contributed by atoms with van der Waals surface area (Å²) in [7, 11) is 0. The minimum absolute atomic E-state index is 0. The Morgan fingerprint density at radius 2 is 1.20 bits per heavy atom. The molecule has 0 saturated carbocycles. The van der Waals surface area contributed by atoms with Crippen LogP contribution in [0.5, 0.6) is 0 Å². The van der Waals surface area contributed by atoms with Gasteiger partial charge in [0.1, 0.15) is 0 Å². The summed E-state index contributed by atoms with van der Waals surface area (Å²) in [5.41, 5.74) is 0. The predicted molar refractivity (Wildman–Crippen MR) is 1.37 cm³/mol. The monoisotopic (exact) mass is 226 g/mol. The van der Waals surface area contributed by atoms with Crippen LogP contribution in [0.4, 0.5) is 0 Å². The maximum Gasteiger partial charge on any atom is 0 e. The average molecular weight is 224 g/mol. The Bertz CT molecular complexity index is 28.6. The molecule has 0 aliphatic heterocycles. The third-order valence-electron chi connectivity index (χ3n) is 0. The fraction of sp³-hybridized carbons (Fsp3) is 0. The predicted octanol–water partition coefficient (Wildman–Crippen LogP) is -0.245. The molecule has 0 fully saturated rings. The quantitative estimate of drug-likeness (QED) is 0.531. The summed E-state index contributed by atoms with van der Waals surface area (Å²) in [6, 6.07) is 0. The van der Waals surface area contributed by atoms with Gasteiger partial charge in [-0.15, -0.1) is 0 Å². The Balaban J connectivity index is -0.0000000200. The molecule has 0 amide bonds. The second-order valence-corrected chi connectivity index (χ2v) is 0.344. The van der Waals surface area contributed by atoms with Crippen LogP contribution in [-0.2, 0) is 68.5 Å². The van der Waals surface area contributed by atoms with E-state index < -0.39 is 19.1 Å². The summed E-state index contributed by atoms with van der Waals surface area (Å²) in [4.78, 5) is 0. The van der Waals surface area contributed by atoms with Crippen molar-refractivity contribution >= 4 is 0 Å². The van der Waals surface area contributed by atoms with Crippen molar-refractivity contribution < 1.29 is 68.5 Å². The molecule has 0 aromatic heterocycles. The van der Waals surface area contributed by atoms with Crippen LogP contribution in [-0.4, -0.2) is 0 Å². The molecule has 0 spiro atoms. The molecule has 0 heterocycles. The maximum atomic E-state index is 8.50. The Hall–Kier alpha value is 1.72. The third-order valence-corrected chi connectivity index (χ3v) is 0. The van der Waals surface area contributed by atoms with Gasteiger partial charge in [-0.1, -0.05) is 0 Å². The van der Waals surface area contributed by atoms with Gasteiger partial charge in [-0.25, -0.2) is 0 Å². The van der Waals surface area contributed by atoms with Gasteiger partial charge in [-0.05, 0) is 0 Å². The zero-order chi connectivity index (χ0) is 2.71. The van der Waals surface area contributed by atoms with E-state index in [0.717, 1.165) is 0 Å². The van der Waals surface area contributed by atoms with Gasteiger partial charge in [-0.2, -0.15) is 0 Å². The molecule has 5 heavy (non-hydrogen) atoms. The molecule has 2 nitrogen and oxygen atoms in total. The number of hydrogen-bond donors (Lipinski definition) is 0. The van der Waals surface area contributed by atoms with E-state index in [9.17, 15) is 0 Å². The zero-order valence-electron chi connectivity index (χ0n) is 2.22. The minimum Gasteiger partial charge on any atom is 0 e. The first-order valence-electron chi connectivity index (χ1n) is 0.408. The Morgan fingerprint density at radius 1 is 1.20 bits per heavy atom. The van der Waals surface area contributed by atoms with Crippen LogP contribution < -0.4 is 0 Å². The average Bonchev–Trinajstić information content (AvgIpc) is 0.918. The molecular weight excluding hydrogens is 224 g/mol. The van der Waals surface area contributed by atoms with E-state index in [2.05, 4.69) is 0 Å². The van der Waals surface area contributed by atoms with Gasteiger partial charge in [0, 0.05) is 42.8 Å².